The highest BCUT2D eigenvalue weighted by Gasteiger charge is 2.42. The zero-order valence-electron chi connectivity index (χ0n) is 17.6. The summed E-state index contributed by atoms with van der Waals surface area (Å²) in [7, 11) is 0. The summed E-state index contributed by atoms with van der Waals surface area (Å²) in [6, 6.07) is 8.76. The Morgan fingerprint density at radius 1 is 1.19 bits per heavy atom. The molecule has 2 aliphatic heterocycles. The standard InChI is InChI=1S/C24H25N3O4/c1-16-5-6-19-18(14-16)22(28)20-21(17-4-2-7-25-15-17)27(24(29)23(20)31-19)9-3-8-26-10-12-30-13-11-26/h2,4-7,14-15,21H,3,8-13H2,1H3/p+1/t21-/m1/s1. The maximum Gasteiger partial charge on any atom is 0.290 e. The average Bonchev–Trinajstić information content (AvgIpc) is 3.08. The van der Waals surface area contributed by atoms with Crippen LogP contribution < -0.4 is 10.3 Å². The highest BCUT2D eigenvalue weighted by Crippen LogP contribution is 2.37. The number of hydrogen-bond acceptors (Lipinski definition) is 5. The van der Waals surface area contributed by atoms with Gasteiger partial charge in [0.2, 0.25) is 5.76 Å². The third-order valence-corrected chi connectivity index (χ3v) is 6.25. The molecule has 1 fully saturated rings. The van der Waals surface area contributed by atoms with E-state index in [1.807, 2.05) is 31.2 Å². The fourth-order valence-corrected chi connectivity index (χ4v) is 4.66. The molecule has 7 heteroatoms. The molecule has 2 aliphatic rings. The van der Waals surface area contributed by atoms with Gasteiger partial charge in [-0.25, -0.2) is 0 Å². The van der Waals surface area contributed by atoms with Crippen molar-refractivity contribution in [3.63, 3.8) is 0 Å². The molecule has 1 atom stereocenters. The molecule has 31 heavy (non-hydrogen) atoms. The number of rotatable bonds is 5. The number of aryl methyl sites for hydroxylation is 1. The number of amides is 1. The highest BCUT2D eigenvalue weighted by molar-refractivity contribution is 5.99. The number of nitrogens with zero attached hydrogens (tertiary/aromatic N) is 2. The summed E-state index contributed by atoms with van der Waals surface area (Å²) in [6.45, 7) is 7.01. The Labute approximate surface area is 180 Å². The van der Waals surface area contributed by atoms with E-state index in [1.165, 1.54) is 4.90 Å². The average molecular weight is 420 g/mol. The molecule has 3 aromatic rings. The normalized spacial score (nSPS) is 19.2. The Balaban J connectivity index is 1.52. The molecule has 0 unspecified atom stereocenters. The predicted octanol–water partition coefficient (Wildman–Crippen LogP) is 1.35. The van der Waals surface area contributed by atoms with E-state index in [0.29, 0.717) is 23.1 Å². The number of hydrogen-bond donors (Lipinski definition) is 1. The van der Waals surface area contributed by atoms with E-state index < -0.39 is 6.04 Å². The molecular formula is C24H26N3O4+. The number of pyridine rings is 1. The summed E-state index contributed by atoms with van der Waals surface area (Å²) in [5.74, 6) is -0.0608. The van der Waals surface area contributed by atoms with Crippen molar-refractivity contribution in [3.05, 3.63) is 75.4 Å². The molecule has 5 rings (SSSR count). The number of carbonyl (C=O) groups is 1. The lowest BCUT2D eigenvalue weighted by atomic mass is 9.99. The Morgan fingerprint density at radius 2 is 2.03 bits per heavy atom. The molecule has 4 heterocycles. The number of carbonyl (C=O) groups excluding carboxylic acids is 1. The molecule has 1 aromatic carbocycles. The van der Waals surface area contributed by atoms with Gasteiger partial charge in [0.15, 0.2) is 5.43 Å². The van der Waals surface area contributed by atoms with Crippen LogP contribution >= 0.6 is 0 Å². The summed E-state index contributed by atoms with van der Waals surface area (Å²) < 4.78 is 11.4. The van der Waals surface area contributed by atoms with Crippen LogP contribution in [0.3, 0.4) is 0 Å². The molecule has 1 N–H and O–H groups in total. The van der Waals surface area contributed by atoms with E-state index in [4.69, 9.17) is 9.15 Å². The van der Waals surface area contributed by atoms with Crippen LogP contribution in [0.2, 0.25) is 0 Å². The Kier molecular flexibility index (Phi) is 5.29. The van der Waals surface area contributed by atoms with Gasteiger partial charge in [-0.2, -0.15) is 0 Å². The van der Waals surface area contributed by atoms with Crippen LogP contribution in [0.1, 0.15) is 39.7 Å². The number of fused-ring (bicyclic) bond motifs is 2. The van der Waals surface area contributed by atoms with Crippen LogP contribution in [-0.4, -0.2) is 55.2 Å². The molecule has 1 saturated heterocycles. The summed E-state index contributed by atoms with van der Waals surface area (Å²) in [4.78, 5) is 34.4. The van der Waals surface area contributed by atoms with Crippen LogP contribution in [0.5, 0.6) is 0 Å². The number of morpholine rings is 1. The first kappa shape index (κ1) is 19.9. The molecule has 1 amide bonds. The van der Waals surface area contributed by atoms with Crippen molar-refractivity contribution in [1.82, 2.24) is 9.88 Å². The summed E-state index contributed by atoms with van der Waals surface area (Å²) in [5.41, 5.74) is 2.55. The maximum absolute atomic E-state index is 13.5. The molecular weight excluding hydrogens is 394 g/mol. The Morgan fingerprint density at radius 3 is 2.81 bits per heavy atom. The van der Waals surface area contributed by atoms with Crippen molar-refractivity contribution < 1.29 is 18.8 Å². The molecule has 0 radical (unpaired) electrons. The largest absolute Gasteiger partial charge is 0.450 e. The lowest BCUT2D eigenvalue weighted by Gasteiger charge is -2.27. The Bertz CT molecular complexity index is 1170. The van der Waals surface area contributed by atoms with Crippen LogP contribution in [0.25, 0.3) is 11.0 Å². The van der Waals surface area contributed by atoms with Gasteiger partial charge in [0.1, 0.15) is 18.7 Å². The second kappa shape index (κ2) is 8.24. The number of quaternary nitrogens is 1. The summed E-state index contributed by atoms with van der Waals surface area (Å²) >= 11 is 0. The first-order valence-corrected chi connectivity index (χ1v) is 10.8. The number of aromatic nitrogens is 1. The third kappa shape index (κ3) is 3.64. The van der Waals surface area contributed by atoms with E-state index in [1.54, 1.807) is 23.4 Å². The smallest absolute Gasteiger partial charge is 0.290 e. The fraction of sp³-hybridized carbons (Fsp3) is 0.375. The van der Waals surface area contributed by atoms with E-state index in [0.717, 1.165) is 50.4 Å². The Hall–Kier alpha value is -3.03. The van der Waals surface area contributed by atoms with Gasteiger partial charge in [0.25, 0.3) is 5.91 Å². The molecule has 7 nitrogen and oxygen atoms in total. The molecule has 0 saturated carbocycles. The first-order chi connectivity index (χ1) is 15.1. The zero-order chi connectivity index (χ0) is 21.4. The van der Waals surface area contributed by atoms with Crippen molar-refractivity contribution in [3.8, 4) is 0 Å². The monoisotopic (exact) mass is 420 g/mol. The topological polar surface area (TPSA) is 77.1 Å². The second-order valence-electron chi connectivity index (χ2n) is 8.33. The van der Waals surface area contributed by atoms with Crippen molar-refractivity contribution in [2.45, 2.75) is 19.4 Å². The minimum absolute atomic E-state index is 0.136. The summed E-state index contributed by atoms with van der Waals surface area (Å²) in [6.07, 6.45) is 4.27. The van der Waals surface area contributed by atoms with E-state index in [9.17, 15) is 9.59 Å². The SMILES string of the molecule is Cc1ccc2oc3c(c(=O)c2c1)[C@@H](c1cccnc1)N(CCC[NH+]1CCOCC1)C3=O. The fourth-order valence-electron chi connectivity index (χ4n) is 4.66. The van der Waals surface area contributed by atoms with Gasteiger partial charge >= 0.3 is 0 Å². The van der Waals surface area contributed by atoms with E-state index in [-0.39, 0.29) is 17.1 Å². The van der Waals surface area contributed by atoms with Crippen LogP contribution in [-0.2, 0) is 4.74 Å². The lowest BCUT2D eigenvalue weighted by molar-refractivity contribution is -0.908. The third-order valence-electron chi connectivity index (χ3n) is 6.25. The molecule has 2 aromatic heterocycles. The minimum Gasteiger partial charge on any atom is -0.450 e. The zero-order valence-corrected chi connectivity index (χ0v) is 17.6. The van der Waals surface area contributed by atoms with Gasteiger partial charge in [0.05, 0.1) is 36.8 Å². The van der Waals surface area contributed by atoms with Gasteiger partial charge < -0.3 is 19.0 Å². The van der Waals surface area contributed by atoms with E-state index >= 15 is 0 Å². The highest BCUT2D eigenvalue weighted by atomic mass is 16.5. The number of benzene rings is 1. The molecule has 0 spiro atoms. The predicted molar refractivity (Wildman–Crippen MR) is 115 cm³/mol. The first-order valence-electron chi connectivity index (χ1n) is 10.8. The van der Waals surface area contributed by atoms with Crippen molar-refractivity contribution in [2.75, 3.05) is 39.4 Å². The van der Waals surface area contributed by atoms with Gasteiger partial charge in [-0.1, -0.05) is 17.7 Å². The maximum atomic E-state index is 13.5. The number of nitrogens with one attached hydrogen (secondary N) is 1. The summed E-state index contributed by atoms with van der Waals surface area (Å²) in [5, 5.41) is 0.514. The van der Waals surface area contributed by atoms with Crippen molar-refractivity contribution in [1.29, 1.82) is 0 Å². The van der Waals surface area contributed by atoms with Crippen LogP contribution in [0, 0.1) is 6.92 Å². The van der Waals surface area contributed by atoms with E-state index in [2.05, 4.69) is 4.98 Å². The van der Waals surface area contributed by atoms with Crippen LogP contribution in [0.4, 0.5) is 0 Å². The second-order valence-corrected chi connectivity index (χ2v) is 8.33. The minimum atomic E-state index is -0.475. The van der Waals surface area contributed by atoms with Crippen LogP contribution in [0.15, 0.2) is 51.9 Å². The lowest BCUT2D eigenvalue weighted by Crippen LogP contribution is -3.14. The van der Waals surface area contributed by atoms with Gasteiger partial charge in [-0.3, -0.25) is 14.6 Å². The van der Waals surface area contributed by atoms with Gasteiger partial charge in [-0.15, -0.1) is 0 Å². The van der Waals surface area contributed by atoms with Crippen molar-refractivity contribution >= 4 is 16.9 Å². The molecule has 0 bridgehead atoms. The number of ether oxygens (including phenoxy) is 1. The van der Waals surface area contributed by atoms with Crippen molar-refractivity contribution in [2.24, 2.45) is 0 Å². The van der Waals surface area contributed by atoms with Gasteiger partial charge in [0, 0.05) is 25.4 Å². The van der Waals surface area contributed by atoms with Gasteiger partial charge in [-0.05, 0) is 30.7 Å². The molecule has 160 valence electrons. The molecule has 0 aliphatic carbocycles. The quantitative estimate of drug-likeness (QED) is 0.674.